The predicted octanol–water partition coefficient (Wildman–Crippen LogP) is 1.71. The molecule has 0 radical (unpaired) electrons. The minimum atomic E-state index is -0.203. The monoisotopic (exact) mass is 296 g/mol. The average molecular weight is 296 g/mol. The quantitative estimate of drug-likeness (QED) is 0.778. The standard InChI is InChI=1S/C16H16N4O2/c1-22-14-5-3-2-4-12(14)8-9-18-16(21)13-6-7-15-17-10-11-20(15)19-13/h2-7,10-11H,8-9H2,1H3,(H,18,21). The summed E-state index contributed by atoms with van der Waals surface area (Å²) >= 11 is 0. The van der Waals surface area contributed by atoms with Crippen LogP contribution in [0.5, 0.6) is 5.75 Å². The molecule has 0 spiro atoms. The molecule has 0 aliphatic carbocycles. The number of para-hydroxylation sites is 1. The molecule has 112 valence electrons. The van der Waals surface area contributed by atoms with E-state index in [1.807, 2.05) is 24.3 Å². The maximum atomic E-state index is 12.1. The lowest BCUT2D eigenvalue weighted by molar-refractivity contribution is 0.0947. The van der Waals surface area contributed by atoms with Crippen LogP contribution < -0.4 is 10.1 Å². The van der Waals surface area contributed by atoms with E-state index >= 15 is 0 Å². The summed E-state index contributed by atoms with van der Waals surface area (Å²) in [7, 11) is 1.64. The van der Waals surface area contributed by atoms with Crippen molar-refractivity contribution in [3.8, 4) is 5.75 Å². The van der Waals surface area contributed by atoms with Crippen LogP contribution in [-0.4, -0.2) is 34.2 Å². The average Bonchev–Trinajstić information content (AvgIpc) is 3.02. The van der Waals surface area contributed by atoms with Crippen LogP contribution in [0.4, 0.5) is 0 Å². The highest BCUT2D eigenvalue weighted by molar-refractivity contribution is 5.92. The summed E-state index contributed by atoms with van der Waals surface area (Å²) in [5.74, 6) is 0.625. The van der Waals surface area contributed by atoms with E-state index in [2.05, 4.69) is 15.4 Å². The summed E-state index contributed by atoms with van der Waals surface area (Å²) in [5.41, 5.74) is 2.14. The molecule has 1 N–H and O–H groups in total. The number of amides is 1. The van der Waals surface area contributed by atoms with Gasteiger partial charge in [-0.15, -0.1) is 0 Å². The number of methoxy groups -OCH3 is 1. The van der Waals surface area contributed by atoms with Crippen molar-refractivity contribution in [1.29, 1.82) is 0 Å². The highest BCUT2D eigenvalue weighted by atomic mass is 16.5. The Bertz CT molecular complexity index is 797. The summed E-state index contributed by atoms with van der Waals surface area (Å²) in [6, 6.07) is 11.2. The summed E-state index contributed by atoms with van der Waals surface area (Å²) in [6.45, 7) is 0.517. The van der Waals surface area contributed by atoms with E-state index in [4.69, 9.17) is 4.74 Å². The van der Waals surface area contributed by atoms with Gasteiger partial charge in [0.1, 0.15) is 11.4 Å². The van der Waals surface area contributed by atoms with Gasteiger partial charge in [-0.3, -0.25) is 4.79 Å². The number of nitrogens with zero attached hydrogens (tertiary/aromatic N) is 3. The third-order valence-electron chi connectivity index (χ3n) is 3.36. The van der Waals surface area contributed by atoms with Crippen molar-refractivity contribution in [2.24, 2.45) is 0 Å². The molecule has 0 atom stereocenters. The Labute approximate surface area is 127 Å². The Balaban J connectivity index is 1.62. The zero-order valence-corrected chi connectivity index (χ0v) is 12.2. The molecule has 0 unspecified atom stereocenters. The molecular weight excluding hydrogens is 280 g/mol. The highest BCUT2D eigenvalue weighted by Crippen LogP contribution is 2.17. The molecule has 6 heteroatoms. The van der Waals surface area contributed by atoms with Crippen LogP contribution in [-0.2, 0) is 6.42 Å². The second-order valence-corrected chi connectivity index (χ2v) is 4.77. The van der Waals surface area contributed by atoms with Crippen LogP contribution in [0.15, 0.2) is 48.8 Å². The van der Waals surface area contributed by atoms with E-state index in [-0.39, 0.29) is 5.91 Å². The fraction of sp³-hybridized carbons (Fsp3) is 0.188. The molecule has 0 fully saturated rings. The smallest absolute Gasteiger partial charge is 0.271 e. The van der Waals surface area contributed by atoms with Gasteiger partial charge in [-0.25, -0.2) is 9.50 Å². The zero-order valence-electron chi connectivity index (χ0n) is 12.2. The molecule has 2 aromatic heterocycles. The van der Waals surface area contributed by atoms with E-state index in [9.17, 15) is 4.79 Å². The number of fused-ring (bicyclic) bond motifs is 1. The van der Waals surface area contributed by atoms with Gasteiger partial charge < -0.3 is 10.1 Å². The Kier molecular flexibility index (Phi) is 4.00. The van der Waals surface area contributed by atoms with Crippen molar-refractivity contribution in [2.75, 3.05) is 13.7 Å². The van der Waals surface area contributed by atoms with E-state index in [0.29, 0.717) is 24.3 Å². The molecule has 0 saturated heterocycles. The van der Waals surface area contributed by atoms with Crippen LogP contribution >= 0.6 is 0 Å². The van der Waals surface area contributed by atoms with Crippen molar-refractivity contribution in [2.45, 2.75) is 6.42 Å². The number of rotatable bonds is 5. The molecular formula is C16H16N4O2. The number of aromatic nitrogens is 3. The van der Waals surface area contributed by atoms with Gasteiger partial charge in [0.15, 0.2) is 5.65 Å². The molecule has 1 aromatic carbocycles. The zero-order chi connectivity index (χ0) is 15.4. The van der Waals surface area contributed by atoms with Crippen molar-refractivity contribution in [3.63, 3.8) is 0 Å². The SMILES string of the molecule is COc1ccccc1CCNC(=O)c1ccc2nccn2n1. The fourth-order valence-corrected chi connectivity index (χ4v) is 2.25. The largest absolute Gasteiger partial charge is 0.496 e. The summed E-state index contributed by atoms with van der Waals surface area (Å²) in [6.07, 6.45) is 4.05. The van der Waals surface area contributed by atoms with E-state index in [1.54, 1.807) is 36.2 Å². The van der Waals surface area contributed by atoms with Crippen LogP contribution in [0, 0.1) is 0 Å². The summed E-state index contributed by atoms with van der Waals surface area (Å²) in [4.78, 5) is 16.2. The van der Waals surface area contributed by atoms with Crippen molar-refractivity contribution >= 4 is 11.6 Å². The second-order valence-electron chi connectivity index (χ2n) is 4.77. The van der Waals surface area contributed by atoms with Crippen LogP contribution in [0.3, 0.4) is 0 Å². The molecule has 1 amide bonds. The number of carbonyl (C=O) groups is 1. The number of hydrogen-bond acceptors (Lipinski definition) is 4. The molecule has 2 heterocycles. The Hall–Kier alpha value is -2.89. The highest BCUT2D eigenvalue weighted by Gasteiger charge is 2.09. The van der Waals surface area contributed by atoms with E-state index in [1.165, 1.54) is 0 Å². The predicted molar refractivity (Wildman–Crippen MR) is 82.0 cm³/mol. The molecule has 3 rings (SSSR count). The van der Waals surface area contributed by atoms with E-state index in [0.717, 1.165) is 11.3 Å². The first-order chi connectivity index (χ1) is 10.8. The van der Waals surface area contributed by atoms with Gasteiger partial charge in [0.25, 0.3) is 5.91 Å². The minimum Gasteiger partial charge on any atom is -0.496 e. The molecule has 22 heavy (non-hydrogen) atoms. The lowest BCUT2D eigenvalue weighted by Crippen LogP contribution is -2.27. The number of hydrogen-bond donors (Lipinski definition) is 1. The van der Waals surface area contributed by atoms with Gasteiger partial charge in [0.2, 0.25) is 0 Å². The second kappa shape index (κ2) is 6.26. The molecule has 0 aliphatic rings. The van der Waals surface area contributed by atoms with Gasteiger partial charge in [0, 0.05) is 18.9 Å². The molecule has 0 bridgehead atoms. The molecule has 0 aliphatic heterocycles. The Morgan fingerprint density at radius 3 is 3.00 bits per heavy atom. The maximum absolute atomic E-state index is 12.1. The first-order valence-corrected chi connectivity index (χ1v) is 6.98. The lowest BCUT2D eigenvalue weighted by Gasteiger charge is -2.09. The minimum absolute atomic E-state index is 0.203. The third kappa shape index (κ3) is 2.90. The number of carbonyl (C=O) groups excluding carboxylic acids is 1. The van der Waals surface area contributed by atoms with Crippen LogP contribution in [0.25, 0.3) is 5.65 Å². The number of ether oxygens (including phenoxy) is 1. The first kappa shape index (κ1) is 14.1. The van der Waals surface area contributed by atoms with E-state index < -0.39 is 0 Å². The molecule has 0 saturated carbocycles. The summed E-state index contributed by atoms with van der Waals surface area (Å²) in [5, 5.41) is 7.08. The van der Waals surface area contributed by atoms with Gasteiger partial charge in [0.05, 0.1) is 7.11 Å². The van der Waals surface area contributed by atoms with Crippen LogP contribution in [0.1, 0.15) is 16.1 Å². The van der Waals surface area contributed by atoms with Crippen LogP contribution in [0.2, 0.25) is 0 Å². The summed E-state index contributed by atoms with van der Waals surface area (Å²) < 4.78 is 6.87. The van der Waals surface area contributed by atoms with Gasteiger partial charge in [-0.05, 0) is 30.2 Å². The normalized spacial score (nSPS) is 10.6. The fourth-order valence-electron chi connectivity index (χ4n) is 2.25. The van der Waals surface area contributed by atoms with Crippen molar-refractivity contribution in [1.82, 2.24) is 19.9 Å². The van der Waals surface area contributed by atoms with Crippen molar-refractivity contribution < 1.29 is 9.53 Å². The van der Waals surface area contributed by atoms with Gasteiger partial charge in [-0.1, -0.05) is 18.2 Å². The molecule has 3 aromatic rings. The Morgan fingerprint density at radius 2 is 2.14 bits per heavy atom. The first-order valence-electron chi connectivity index (χ1n) is 6.98. The lowest BCUT2D eigenvalue weighted by atomic mass is 10.1. The van der Waals surface area contributed by atoms with Gasteiger partial charge >= 0.3 is 0 Å². The third-order valence-corrected chi connectivity index (χ3v) is 3.36. The number of nitrogens with one attached hydrogen (secondary N) is 1. The number of imidazole rings is 1. The molecule has 6 nitrogen and oxygen atoms in total. The number of benzene rings is 1. The van der Waals surface area contributed by atoms with Crippen molar-refractivity contribution in [3.05, 3.63) is 60.0 Å². The Morgan fingerprint density at radius 1 is 1.27 bits per heavy atom. The topological polar surface area (TPSA) is 68.5 Å². The maximum Gasteiger partial charge on any atom is 0.271 e. The van der Waals surface area contributed by atoms with Gasteiger partial charge in [-0.2, -0.15) is 5.10 Å².